The van der Waals surface area contributed by atoms with Crippen LogP contribution in [0.3, 0.4) is 0 Å². The zero-order chi connectivity index (χ0) is 6.57. The van der Waals surface area contributed by atoms with E-state index in [1.165, 1.54) is 18.2 Å². The molecule has 0 rings (SSSR count). The smallest absolute Gasteiger partial charge is 0.413 e. The van der Waals surface area contributed by atoms with Crippen LogP contribution in [0.2, 0.25) is 0 Å². The standard InChI is InChI=1S/C5H9NO2/c1-4-6(2)5(7)8-3/h4H,1H2,2-3H3. The Balaban J connectivity index is 3.62. The molecule has 0 heterocycles. The van der Waals surface area contributed by atoms with Gasteiger partial charge in [-0.25, -0.2) is 4.79 Å². The average Bonchev–Trinajstić information content (AvgIpc) is 1.84. The Hall–Kier alpha value is -0.990. The van der Waals surface area contributed by atoms with Gasteiger partial charge in [0, 0.05) is 13.2 Å². The van der Waals surface area contributed by atoms with Crippen LogP contribution < -0.4 is 0 Å². The molecule has 0 saturated heterocycles. The molecule has 0 saturated carbocycles. The third kappa shape index (κ3) is 1.64. The molecule has 3 heteroatoms. The van der Waals surface area contributed by atoms with Gasteiger partial charge in [-0.1, -0.05) is 6.58 Å². The monoisotopic (exact) mass is 115 g/mol. The van der Waals surface area contributed by atoms with Crippen LogP contribution in [0.25, 0.3) is 0 Å². The van der Waals surface area contributed by atoms with Crippen molar-refractivity contribution >= 4 is 6.09 Å². The molecule has 0 aromatic carbocycles. The molecule has 0 fully saturated rings. The van der Waals surface area contributed by atoms with Crippen LogP contribution in [0, 0.1) is 0 Å². The Kier molecular flexibility index (Phi) is 2.69. The van der Waals surface area contributed by atoms with Gasteiger partial charge in [-0.15, -0.1) is 0 Å². The lowest BCUT2D eigenvalue weighted by Crippen LogP contribution is -2.19. The molecule has 0 aliphatic carbocycles. The van der Waals surface area contributed by atoms with Crippen molar-refractivity contribution in [2.45, 2.75) is 0 Å². The van der Waals surface area contributed by atoms with Gasteiger partial charge in [0.2, 0.25) is 0 Å². The van der Waals surface area contributed by atoms with Gasteiger partial charge in [0.25, 0.3) is 0 Å². The minimum atomic E-state index is -0.403. The summed E-state index contributed by atoms with van der Waals surface area (Å²) in [6.07, 6.45) is 0.978. The maximum atomic E-state index is 10.4. The minimum absolute atomic E-state index is 0.403. The highest BCUT2D eigenvalue weighted by Gasteiger charge is 1.99. The molecule has 0 aromatic heterocycles. The Morgan fingerprint density at radius 1 is 1.88 bits per heavy atom. The summed E-state index contributed by atoms with van der Waals surface area (Å²) in [7, 11) is 2.89. The molecule has 1 amide bonds. The number of rotatable bonds is 1. The fraction of sp³-hybridized carbons (Fsp3) is 0.400. The summed E-state index contributed by atoms with van der Waals surface area (Å²) >= 11 is 0. The van der Waals surface area contributed by atoms with Crippen LogP contribution in [-0.4, -0.2) is 25.2 Å². The molecule has 0 aromatic rings. The number of nitrogens with zero attached hydrogens (tertiary/aromatic N) is 1. The Labute approximate surface area is 48.5 Å². The second kappa shape index (κ2) is 3.07. The van der Waals surface area contributed by atoms with Crippen molar-refractivity contribution in [2.24, 2.45) is 0 Å². The van der Waals surface area contributed by atoms with E-state index in [0.717, 1.165) is 0 Å². The molecule has 0 N–H and O–H groups in total. The fourth-order valence-corrected chi connectivity index (χ4v) is 0.219. The van der Waals surface area contributed by atoms with Crippen LogP contribution in [0.5, 0.6) is 0 Å². The van der Waals surface area contributed by atoms with Crippen molar-refractivity contribution in [3.05, 3.63) is 12.8 Å². The van der Waals surface area contributed by atoms with E-state index in [1.54, 1.807) is 7.05 Å². The number of hydrogen-bond donors (Lipinski definition) is 0. The summed E-state index contributed by atoms with van der Waals surface area (Å²) in [4.78, 5) is 11.6. The van der Waals surface area contributed by atoms with Gasteiger partial charge in [-0.05, 0) is 0 Å². The quantitative estimate of drug-likeness (QED) is 0.506. The van der Waals surface area contributed by atoms with E-state index in [0.29, 0.717) is 0 Å². The van der Waals surface area contributed by atoms with Crippen LogP contribution in [-0.2, 0) is 4.74 Å². The van der Waals surface area contributed by atoms with Gasteiger partial charge < -0.3 is 4.74 Å². The number of carbonyl (C=O) groups excluding carboxylic acids is 1. The number of amides is 1. The SMILES string of the molecule is C=CN(C)C(=O)OC. The van der Waals surface area contributed by atoms with Gasteiger partial charge in [-0.3, -0.25) is 4.90 Å². The first-order valence-electron chi connectivity index (χ1n) is 2.15. The van der Waals surface area contributed by atoms with Crippen LogP contribution in [0.15, 0.2) is 12.8 Å². The lowest BCUT2D eigenvalue weighted by atomic mass is 10.8. The number of methoxy groups -OCH3 is 1. The van der Waals surface area contributed by atoms with Gasteiger partial charge in [0.1, 0.15) is 0 Å². The highest BCUT2D eigenvalue weighted by atomic mass is 16.5. The van der Waals surface area contributed by atoms with Gasteiger partial charge in [0.05, 0.1) is 7.11 Å². The highest BCUT2D eigenvalue weighted by Crippen LogP contribution is 1.85. The van der Waals surface area contributed by atoms with Gasteiger partial charge >= 0.3 is 6.09 Å². The van der Waals surface area contributed by atoms with Gasteiger partial charge in [0.15, 0.2) is 0 Å². The summed E-state index contributed by atoms with van der Waals surface area (Å²) in [5.41, 5.74) is 0. The van der Waals surface area contributed by atoms with Crippen molar-refractivity contribution in [3.8, 4) is 0 Å². The molecule has 8 heavy (non-hydrogen) atoms. The Morgan fingerprint density at radius 3 is 2.50 bits per heavy atom. The molecule has 0 radical (unpaired) electrons. The number of carbonyl (C=O) groups is 1. The first-order chi connectivity index (χ1) is 3.72. The normalized spacial score (nSPS) is 7.75. The van der Waals surface area contributed by atoms with Crippen molar-refractivity contribution in [1.82, 2.24) is 4.90 Å². The van der Waals surface area contributed by atoms with Crippen molar-refractivity contribution in [2.75, 3.05) is 14.2 Å². The van der Waals surface area contributed by atoms with E-state index >= 15 is 0 Å². The van der Waals surface area contributed by atoms with Crippen LogP contribution in [0.1, 0.15) is 0 Å². The maximum Gasteiger partial charge on any atom is 0.413 e. The van der Waals surface area contributed by atoms with Crippen LogP contribution >= 0.6 is 0 Å². The van der Waals surface area contributed by atoms with Crippen molar-refractivity contribution in [3.63, 3.8) is 0 Å². The minimum Gasteiger partial charge on any atom is -0.453 e. The van der Waals surface area contributed by atoms with E-state index in [-0.39, 0.29) is 0 Å². The summed E-state index contributed by atoms with van der Waals surface area (Å²) in [6.45, 7) is 3.35. The third-order valence-electron chi connectivity index (χ3n) is 0.736. The second-order valence-corrected chi connectivity index (χ2v) is 1.26. The molecule has 0 atom stereocenters. The molecule has 0 aliphatic rings. The van der Waals surface area contributed by atoms with Crippen LogP contribution in [0.4, 0.5) is 4.79 Å². The maximum absolute atomic E-state index is 10.4. The first kappa shape index (κ1) is 7.01. The fourth-order valence-electron chi connectivity index (χ4n) is 0.219. The van der Waals surface area contributed by atoms with Crippen molar-refractivity contribution < 1.29 is 9.53 Å². The molecule has 0 bridgehead atoms. The molecule has 0 unspecified atom stereocenters. The lowest BCUT2D eigenvalue weighted by Gasteiger charge is -2.07. The topological polar surface area (TPSA) is 29.5 Å². The lowest BCUT2D eigenvalue weighted by molar-refractivity contribution is 0.147. The van der Waals surface area contributed by atoms with Crippen molar-refractivity contribution in [1.29, 1.82) is 0 Å². The molecule has 46 valence electrons. The Bertz CT molecular complexity index is 101. The van der Waals surface area contributed by atoms with E-state index in [4.69, 9.17) is 0 Å². The summed E-state index contributed by atoms with van der Waals surface area (Å²) in [5.74, 6) is 0. The summed E-state index contributed by atoms with van der Waals surface area (Å²) < 4.78 is 4.32. The van der Waals surface area contributed by atoms with E-state index < -0.39 is 6.09 Å². The molecule has 0 spiro atoms. The highest BCUT2D eigenvalue weighted by molar-refractivity contribution is 5.67. The second-order valence-electron chi connectivity index (χ2n) is 1.26. The zero-order valence-corrected chi connectivity index (χ0v) is 5.05. The molecular formula is C5H9NO2. The predicted molar refractivity (Wildman–Crippen MR) is 30.4 cm³/mol. The Morgan fingerprint density at radius 2 is 2.38 bits per heavy atom. The summed E-state index contributed by atoms with van der Waals surface area (Å²) in [5, 5.41) is 0. The first-order valence-corrected chi connectivity index (χ1v) is 2.15. The molecule has 0 aliphatic heterocycles. The summed E-state index contributed by atoms with van der Waals surface area (Å²) in [6, 6.07) is 0. The third-order valence-corrected chi connectivity index (χ3v) is 0.736. The number of hydrogen-bond acceptors (Lipinski definition) is 2. The zero-order valence-electron chi connectivity index (χ0n) is 5.05. The molecular weight excluding hydrogens is 106 g/mol. The largest absolute Gasteiger partial charge is 0.453 e. The number of ether oxygens (including phenoxy) is 1. The average molecular weight is 115 g/mol. The van der Waals surface area contributed by atoms with E-state index in [2.05, 4.69) is 11.3 Å². The predicted octanol–water partition coefficient (Wildman–Crippen LogP) is 0.828. The van der Waals surface area contributed by atoms with E-state index in [9.17, 15) is 4.79 Å². The van der Waals surface area contributed by atoms with E-state index in [1.807, 2.05) is 0 Å². The van der Waals surface area contributed by atoms with Gasteiger partial charge in [-0.2, -0.15) is 0 Å². The molecule has 3 nitrogen and oxygen atoms in total.